The van der Waals surface area contributed by atoms with Crippen molar-refractivity contribution in [2.24, 2.45) is 17.8 Å². The van der Waals surface area contributed by atoms with Crippen LogP contribution in [-0.2, 0) is 26.6 Å². The summed E-state index contributed by atoms with van der Waals surface area (Å²) < 4.78 is 41.8. The van der Waals surface area contributed by atoms with Crippen LogP contribution in [-0.4, -0.2) is 63.7 Å². The van der Waals surface area contributed by atoms with E-state index >= 15 is 0 Å². The average Bonchev–Trinajstić information content (AvgIpc) is 3.15. The van der Waals surface area contributed by atoms with Crippen LogP contribution >= 0.6 is 11.6 Å². The lowest BCUT2D eigenvalue weighted by atomic mass is 9.63. The lowest BCUT2D eigenvalue weighted by Gasteiger charge is -2.50. The number of anilines is 1. The number of sulfonamides is 1. The fourth-order valence-corrected chi connectivity index (χ4v) is 9.60. The van der Waals surface area contributed by atoms with Crippen LogP contribution < -0.4 is 14.4 Å². The molecule has 1 spiro atoms. The Labute approximate surface area is 272 Å². The first-order valence-electron chi connectivity index (χ1n) is 16.2. The Hall–Kier alpha value is -2.59. The van der Waals surface area contributed by atoms with Gasteiger partial charge in [0, 0.05) is 49.2 Å². The Kier molecular flexibility index (Phi) is 9.02. The van der Waals surface area contributed by atoms with Crippen molar-refractivity contribution < 1.29 is 27.8 Å². The summed E-state index contributed by atoms with van der Waals surface area (Å²) in [5, 5.41) is 10.1. The first-order chi connectivity index (χ1) is 21.5. The zero-order valence-electron chi connectivity index (χ0n) is 26.4. The summed E-state index contributed by atoms with van der Waals surface area (Å²) in [7, 11) is -2.24. The molecular formula is C35H45ClN2O6S. The molecule has 2 bridgehead atoms. The largest absolute Gasteiger partial charge is 0.490 e. The van der Waals surface area contributed by atoms with E-state index in [1.54, 1.807) is 32.2 Å². The van der Waals surface area contributed by atoms with Gasteiger partial charge in [-0.05, 0) is 105 Å². The summed E-state index contributed by atoms with van der Waals surface area (Å²) in [6.45, 7) is 5.39. The first-order valence-corrected chi connectivity index (χ1v) is 18.1. The number of nitrogens with zero attached hydrogens (tertiary/aromatic N) is 1. The van der Waals surface area contributed by atoms with Crippen LogP contribution in [0.1, 0.15) is 73.9 Å². The summed E-state index contributed by atoms with van der Waals surface area (Å²) in [5.41, 5.74) is 2.63. The van der Waals surface area contributed by atoms with Crippen LogP contribution in [0.4, 0.5) is 5.69 Å². The van der Waals surface area contributed by atoms with Gasteiger partial charge in [-0.3, -0.25) is 4.79 Å². The highest BCUT2D eigenvalue weighted by atomic mass is 35.5. The molecule has 2 aliphatic heterocycles. The van der Waals surface area contributed by atoms with Crippen molar-refractivity contribution in [2.75, 3.05) is 38.3 Å². The quantitative estimate of drug-likeness (QED) is 0.412. The molecular weight excluding hydrogens is 612 g/mol. The highest BCUT2D eigenvalue weighted by Gasteiger charge is 2.49. The van der Waals surface area contributed by atoms with Gasteiger partial charge in [-0.1, -0.05) is 36.7 Å². The molecule has 10 heteroatoms. The maximum atomic E-state index is 13.4. The Morgan fingerprint density at radius 2 is 2.00 bits per heavy atom. The molecule has 244 valence electrons. The van der Waals surface area contributed by atoms with Crippen molar-refractivity contribution >= 4 is 33.2 Å². The molecule has 2 N–H and O–H groups in total. The Morgan fingerprint density at radius 3 is 2.73 bits per heavy atom. The summed E-state index contributed by atoms with van der Waals surface area (Å²) in [5.74, 6) is 0.238. The smallest absolute Gasteiger partial charge is 0.264 e. The van der Waals surface area contributed by atoms with E-state index in [0.29, 0.717) is 38.3 Å². The number of rotatable bonds is 3. The van der Waals surface area contributed by atoms with Crippen molar-refractivity contribution in [3.05, 3.63) is 70.3 Å². The van der Waals surface area contributed by atoms with Crippen molar-refractivity contribution in [3.63, 3.8) is 0 Å². The van der Waals surface area contributed by atoms with Crippen LogP contribution in [0.25, 0.3) is 0 Å². The number of benzene rings is 2. The number of amides is 1. The van der Waals surface area contributed by atoms with Crippen LogP contribution in [0.5, 0.6) is 5.75 Å². The van der Waals surface area contributed by atoms with Gasteiger partial charge in [-0.25, -0.2) is 13.1 Å². The van der Waals surface area contributed by atoms with Crippen LogP contribution in [0.2, 0.25) is 5.02 Å². The fraction of sp³-hybridized carbons (Fsp3) is 0.571. The highest BCUT2D eigenvalue weighted by Crippen LogP contribution is 2.49. The highest BCUT2D eigenvalue weighted by molar-refractivity contribution is 7.90. The molecule has 1 amide bonds. The number of methoxy groups -OCH3 is 1. The van der Waals surface area contributed by atoms with Gasteiger partial charge in [0.15, 0.2) is 0 Å². The van der Waals surface area contributed by atoms with Crippen molar-refractivity contribution in [3.8, 4) is 5.75 Å². The van der Waals surface area contributed by atoms with Gasteiger partial charge in [-0.2, -0.15) is 0 Å². The predicted octanol–water partition coefficient (Wildman–Crippen LogP) is 5.65. The molecule has 2 heterocycles. The lowest BCUT2D eigenvalue weighted by molar-refractivity contribution is -0.0864. The maximum Gasteiger partial charge on any atom is 0.264 e. The van der Waals surface area contributed by atoms with E-state index in [0.717, 1.165) is 42.8 Å². The number of hydrogen-bond acceptors (Lipinski definition) is 7. The minimum absolute atomic E-state index is 0.0139. The molecule has 0 radical (unpaired) electrons. The minimum atomic E-state index is -3.95. The van der Waals surface area contributed by atoms with Gasteiger partial charge < -0.3 is 19.5 Å². The molecule has 45 heavy (non-hydrogen) atoms. The number of fused-ring (bicyclic) bond motifs is 4. The van der Waals surface area contributed by atoms with E-state index in [1.165, 1.54) is 11.1 Å². The number of allylic oxidation sites excluding steroid dienone is 1. The SMILES string of the molecule is CO[C@]1(CCO)/C=C\C[C@H](C)[C@@H](C)S(=O)(=O)NC(=O)c2ccc3c(c2)N(C[C@@H]2CC[C@H]21)C[C@@]1(CCCc2cc(Cl)ccc21)CO3. The number of carbonyl (C=O) groups excluding carboxylic acids is 1. The fourth-order valence-electron chi connectivity index (χ4n) is 8.12. The second-order valence-electron chi connectivity index (χ2n) is 13.7. The van der Waals surface area contributed by atoms with Gasteiger partial charge in [-0.15, -0.1) is 0 Å². The normalized spacial score (nSPS) is 33.5. The van der Waals surface area contributed by atoms with E-state index in [2.05, 4.69) is 27.8 Å². The summed E-state index contributed by atoms with van der Waals surface area (Å²) in [4.78, 5) is 15.8. The number of hydrogen-bond donors (Lipinski definition) is 2. The zero-order valence-corrected chi connectivity index (χ0v) is 28.0. The molecule has 0 unspecified atom stereocenters. The van der Waals surface area contributed by atoms with Gasteiger partial charge in [0.2, 0.25) is 10.0 Å². The molecule has 2 aliphatic carbocycles. The number of carbonyl (C=O) groups is 1. The second-order valence-corrected chi connectivity index (χ2v) is 16.1. The van der Waals surface area contributed by atoms with Crippen molar-refractivity contribution in [1.82, 2.24) is 4.72 Å². The van der Waals surface area contributed by atoms with Crippen LogP contribution in [0, 0.1) is 17.8 Å². The first kappa shape index (κ1) is 32.4. The third-order valence-corrected chi connectivity index (χ3v) is 13.3. The zero-order chi connectivity index (χ0) is 32.0. The number of aryl methyl sites for hydroxylation is 1. The lowest BCUT2D eigenvalue weighted by Crippen LogP contribution is -2.53. The third kappa shape index (κ3) is 6.01. The van der Waals surface area contributed by atoms with Gasteiger partial charge >= 0.3 is 0 Å². The summed E-state index contributed by atoms with van der Waals surface area (Å²) in [6, 6.07) is 11.4. The molecule has 1 saturated carbocycles. The van der Waals surface area contributed by atoms with Crippen molar-refractivity contribution in [1.29, 1.82) is 0 Å². The summed E-state index contributed by atoms with van der Waals surface area (Å²) >= 11 is 6.42. The molecule has 6 rings (SSSR count). The standard InChI is InChI=1S/C35H45ClN2O6S/c1-23-6-4-15-35(43-3,16-17-39)30-11-8-27(30)20-38-21-34(14-5-7-25-18-28(36)10-12-29(25)34)22-44-32-13-9-26(19-31(32)38)33(40)37-45(41,42)24(23)2/h4,9-10,12-13,15,18-19,23-24,27,30,39H,5-8,11,14,16-17,20-22H2,1-3H3,(H,37,40)/b15-4-/t23-,24+,27-,30+,34-,35-/m0/s1. The molecule has 6 atom stereocenters. The Morgan fingerprint density at radius 1 is 1.18 bits per heavy atom. The number of ether oxygens (including phenoxy) is 2. The van der Waals surface area contributed by atoms with Gasteiger partial charge in [0.1, 0.15) is 5.75 Å². The Balaban J connectivity index is 1.46. The molecule has 4 aliphatic rings. The third-order valence-electron chi connectivity index (χ3n) is 11.1. The van der Waals surface area contributed by atoms with Crippen molar-refractivity contribution in [2.45, 2.75) is 75.1 Å². The molecule has 8 nitrogen and oxygen atoms in total. The average molecular weight is 657 g/mol. The maximum absolute atomic E-state index is 13.4. The number of aliphatic hydroxyl groups excluding tert-OH is 1. The van der Waals surface area contributed by atoms with Crippen LogP contribution in [0.3, 0.4) is 0 Å². The molecule has 0 aromatic heterocycles. The number of nitrogens with one attached hydrogen (secondary N) is 1. The molecule has 0 saturated heterocycles. The van der Waals surface area contributed by atoms with E-state index in [9.17, 15) is 18.3 Å². The van der Waals surface area contributed by atoms with Crippen LogP contribution in [0.15, 0.2) is 48.6 Å². The molecule has 1 fully saturated rings. The second kappa shape index (κ2) is 12.5. The van der Waals surface area contributed by atoms with E-state index in [-0.39, 0.29) is 35.3 Å². The number of aliphatic hydroxyl groups is 1. The minimum Gasteiger partial charge on any atom is -0.490 e. The topological polar surface area (TPSA) is 105 Å². The summed E-state index contributed by atoms with van der Waals surface area (Å²) in [6.07, 6.45) is 9.94. The van der Waals surface area contributed by atoms with E-state index in [1.807, 2.05) is 19.1 Å². The predicted molar refractivity (Wildman–Crippen MR) is 177 cm³/mol. The number of halogens is 1. The molecule has 2 aromatic rings. The van der Waals surface area contributed by atoms with Gasteiger partial charge in [0.05, 0.1) is 23.1 Å². The van der Waals surface area contributed by atoms with Gasteiger partial charge in [0.25, 0.3) is 5.91 Å². The Bertz CT molecular complexity index is 1580. The van der Waals surface area contributed by atoms with E-state index < -0.39 is 26.8 Å². The monoisotopic (exact) mass is 656 g/mol. The van der Waals surface area contributed by atoms with E-state index in [4.69, 9.17) is 21.1 Å². The molecule has 2 aromatic carbocycles.